The highest BCUT2D eigenvalue weighted by atomic mass is 19.4. The molecule has 5 nitrogen and oxygen atoms in total. The second-order valence-corrected chi connectivity index (χ2v) is 3.53. The largest absolute Gasteiger partial charge is 0.409 e. The molecule has 94 valence electrons. The van der Waals surface area contributed by atoms with Crippen LogP contribution in [0.25, 0.3) is 0 Å². The van der Waals surface area contributed by atoms with E-state index in [0.29, 0.717) is 26.3 Å². The zero-order chi connectivity index (χ0) is 12.2. The highest BCUT2D eigenvalue weighted by Crippen LogP contribution is 2.27. The van der Waals surface area contributed by atoms with Gasteiger partial charge in [0.05, 0.1) is 13.2 Å². The number of nitrogens with two attached hydrogens (primary N) is 1. The van der Waals surface area contributed by atoms with E-state index in [1.54, 1.807) is 4.90 Å². The van der Waals surface area contributed by atoms with E-state index in [9.17, 15) is 13.2 Å². The summed E-state index contributed by atoms with van der Waals surface area (Å²) in [6, 6.07) is 0. The van der Waals surface area contributed by atoms with Crippen LogP contribution in [-0.4, -0.2) is 55.0 Å². The molecule has 0 aromatic rings. The average molecular weight is 241 g/mol. The van der Waals surface area contributed by atoms with Crippen molar-refractivity contribution in [3.05, 3.63) is 0 Å². The van der Waals surface area contributed by atoms with Crippen molar-refractivity contribution < 1.29 is 23.1 Å². The molecular formula is C8H14F3N3O2. The molecule has 1 rings (SSSR count). The minimum absolute atomic E-state index is 0.303. The summed E-state index contributed by atoms with van der Waals surface area (Å²) >= 11 is 0. The molecule has 1 unspecified atom stereocenters. The zero-order valence-electron chi connectivity index (χ0n) is 8.57. The lowest BCUT2D eigenvalue weighted by Gasteiger charge is -2.30. The second-order valence-electron chi connectivity index (χ2n) is 3.53. The lowest BCUT2D eigenvalue weighted by Crippen LogP contribution is -2.47. The second kappa shape index (κ2) is 5.35. The van der Waals surface area contributed by atoms with Crippen LogP contribution in [0, 0.1) is 5.92 Å². The molecule has 1 aliphatic rings. The van der Waals surface area contributed by atoms with Crippen LogP contribution in [0.3, 0.4) is 0 Å². The maximum Gasteiger partial charge on any atom is 0.400 e. The van der Waals surface area contributed by atoms with Gasteiger partial charge < -0.3 is 15.7 Å². The first kappa shape index (κ1) is 13.0. The van der Waals surface area contributed by atoms with Crippen molar-refractivity contribution in [2.45, 2.75) is 6.18 Å². The maximum absolute atomic E-state index is 12.6. The maximum atomic E-state index is 12.6. The SMILES string of the molecule is NC(=NO)C(CN1CCOCC1)C(F)(F)F. The molecule has 3 N–H and O–H groups in total. The predicted octanol–water partition coefficient (Wildman–Crippen LogP) is 0.243. The molecule has 0 aliphatic carbocycles. The number of halogens is 3. The monoisotopic (exact) mass is 241 g/mol. The van der Waals surface area contributed by atoms with Crippen LogP contribution in [0.1, 0.15) is 0 Å². The molecule has 1 saturated heterocycles. The fourth-order valence-corrected chi connectivity index (χ4v) is 1.48. The number of hydrogen-bond acceptors (Lipinski definition) is 4. The molecule has 1 aliphatic heterocycles. The summed E-state index contributed by atoms with van der Waals surface area (Å²) in [7, 11) is 0. The third kappa shape index (κ3) is 3.53. The van der Waals surface area contributed by atoms with Gasteiger partial charge in [-0.3, -0.25) is 4.90 Å². The molecule has 1 fully saturated rings. The van der Waals surface area contributed by atoms with Crippen molar-refractivity contribution in [2.24, 2.45) is 16.8 Å². The Morgan fingerprint density at radius 1 is 1.44 bits per heavy atom. The van der Waals surface area contributed by atoms with E-state index in [4.69, 9.17) is 15.7 Å². The van der Waals surface area contributed by atoms with E-state index in [0.717, 1.165) is 0 Å². The van der Waals surface area contributed by atoms with Crippen molar-refractivity contribution in [2.75, 3.05) is 32.8 Å². The van der Waals surface area contributed by atoms with Gasteiger partial charge in [-0.05, 0) is 0 Å². The number of hydrogen-bond donors (Lipinski definition) is 2. The highest BCUT2D eigenvalue weighted by Gasteiger charge is 2.43. The standard InChI is InChI=1S/C8H14F3N3O2/c9-8(10,11)6(7(12)13-15)5-14-1-3-16-4-2-14/h6,15H,1-5H2,(H2,12,13). The minimum Gasteiger partial charge on any atom is -0.409 e. The number of oxime groups is 1. The lowest BCUT2D eigenvalue weighted by atomic mass is 10.1. The van der Waals surface area contributed by atoms with E-state index in [1.165, 1.54) is 0 Å². The highest BCUT2D eigenvalue weighted by molar-refractivity contribution is 5.83. The Bertz CT molecular complexity index is 251. The van der Waals surface area contributed by atoms with Crippen LogP contribution < -0.4 is 5.73 Å². The van der Waals surface area contributed by atoms with Crippen LogP contribution in [0.5, 0.6) is 0 Å². The number of amidine groups is 1. The number of morpholine rings is 1. The van der Waals surface area contributed by atoms with Gasteiger partial charge in [0.15, 0.2) is 5.84 Å². The van der Waals surface area contributed by atoms with Crippen molar-refractivity contribution >= 4 is 5.84 Å². The topological polar surface area (TPSA) is 71.1 Å². The third-order valence-electron chi connectivity index (χ3n) is 2.41. The normalized spacial score (nSPS) is 22.1. The van der Waals surface area contributed by atoms with Crippen LogP contribution in [0.15, 0.2) is 5.16 Å². The Morgan fingerprint density at radius 3 is 2.44 bits per heavy atom. The van der Waals surface area contributed by atoms with E-state index < -0.39 is 17.9 Å². The van der Waals surface area contributed by atoms with Gasteiger partial charge in [-0.1, -0.05) is 5.16 Å². The summed E-state index contributed by atoms with van der Waals surface area (Å²) in [6.07, 6.45) is -4.51. The first-order chi connectivity index (χ1) is 7.45. The quantitative estimate of drug-likeness (QED) is 0.321. The Labute approximate surface area is 90.6 Å². The molecular weight excluding hydrogens is 227 g/mol. The molecule has 0 spiro atoms. The molecule has 0 amide bonds. The van der Waals surface area contributed by atoms with Crippen molar-refractivity contribution in [3.63, 3.8) is 0 Å². The van der Waals surface area contributed by atoms with Gasteiger partial charge in [-0.2, -0.15) is 13.2 Å². The molecule has 16 heavy (non-hydrogen) atoms. The van der Waals surface area contributed by atoms with Gasteiger partial charge in [-0.25, -0.2) is 0 Å². The van der Waals surface area contributed by atoms with Gasteiger partial charge >= 0.3 is 6.18 Å². The van der Waals surface area contributed by atoms with Crippen molar-refractivity contribution in [1.82, 2.24) is 4.90 Å². The Morgan fingerprint density at radius 2 is 2.00 bits per heavy atom. The van der Waals surface area contributed by atoms with E-state index >= 15 is 0 Å². The van der Waals surface area contributed by atoms with Gasteiger partial charge in [0, 0.05) is 19.6 Å². The Balaban J connectivity index is 2.63. The van der Waals surface area contributed by atoms with Crippen molar-refractivity contribution in [1.29, 1.82) is 0 Å². The molecule has 8 heteroatoms. The first-order valence-electron chi connectivity index (χ1n) is 4.79. The number of alkyl halides is 3. The predicted molar refractivity (Wildman–Crippen MR) is 50.2 cm³/mol. The molecule has 0 saturated carbocycles. The summed E-state index contributed by atoms with van der Waals surface area (Å²) in [5.74, 6) is -2.74. The van der Waals surface area contributed by atoms with Crippen LogP contribution in [0.2, 0.25) is 0 Å². The Hall–Kier alpha value is -1.02. The molecule has 1 atom stereocenters. The number of nitrogens with zero attached hydrogens (tertiary/aromatic N) is 2. The van der Waals surface area contributed by atoms with Gasteiger partial charge in [0.1, 0.15) is 5.92 Å². The van der Waals surface area contributed by atoms with Crippen LogP contribution in [0.4, 0.5) is 13.2 Å². The summed E-state index contributed by atoms with van der Waals surface area (Å²) in [6.45, 7) is 1.35. The van der Waals surface area contributed by atoms with E-state index in [1.807, 2.05) is 0 Å². The average Bonchev–Trinajstić information content (AvgIpc) is 2.25. The number of rotatable bonds is 3. The summed E-state index contributed by atoms with van der Waals surface area (Å²) < 4.78 is 42.8. The molecule has 0 aromatic heterocycles. The van der Waals surface area contributed by atoms with Gasteiger partial charge in [0.2, 0.25) is 0 Å². The molecule has 0 radical (unpaired) electrons. The first-order valence-corrected chi connectivity index (χ1v) is 4.79. The van der Waals surface area contributed by atoms with Crippen LogP contribution >= 0.6 is 0 Å². The summed E-state index contributed by atoms with van der Waals surface area (Å²) in [5, 5.41) is 10.8. The third-order valence-corrected chi connectivity index (χ3v) is 2.41. The molecule has 0 aromatic carbocycles. The zero-order valence-corrected chi connectivity index (χ0v) is 8.57. The smallest absolute Gasteiger partial charge is 0.400 e. The number of ether oxygens (including phenoxy) is 1. The fraction of sp³-hybridized carbons (Fsp3) is 0.875. The van der Waals surface area contributed by atoms with E-state index in [-0.39, 0.29) is 6.54 Å². The van der Waals surface area contributed by atoms with Crippen molar-refractivity contribution in [3.8, 4) is 0 Å². The van der Waals surface area contributed by atoms with Gasteiger partial charge in [-0.15, -0.1) is 0 Å². The van der Waals surface area contributed by atoms with E-state index in [2.05, 4.69) is 5.16 Å². The molecule has 0 bridgehead atoms. The summed E-state index contributed by atoms with van der Waals surface area (Å²) in [4.78, 5) is 1.58. The Kier molecular flexibility index (Phi) is 4.36. The summed E-state index contributed by atoms with van der Waals surface area (Å²) in [5.41, 5.74) is 5.04. The van der Waals surface area contributed by atoms with Crippen LogP contribution in [-0.2, 0) is 4.74 Å². The fourth-order valence-electron chi connectivity index (χ4n) is 1.48. The minimum atomic E-state index is -4.51. The van der Waals surface area contributed by atoms with Gasteiger partial charge in [0.25, 0.3) is 0 Å². The lowest BCUT2D eigenvalue weighted by molar-refractivity contribution is -0.162. The molecule has 1 heterocycles.